The number of halogens is 2. The van der Waals surface area contributed by atoms with Gasteiger partial charge in [-0.25, -0.2) is 4.39 Å². The van der Waals surface area contributed by atoms with Gasteiger partial charge in [-0.05, 0) is 60.5 Å². The maximum atomic E-state index is 13.2. The van der Waals surface area contributed by atoms with E-state index in [1.165, 1.54) is 12.1 Å². The number of Topliss-reactive ketones (excluding diaryl/α,β-unsaturated/α-hetero) is 1. The Balaban J connectivity index is 1.32. The summed E-state index contributed by atoms with van der Waals surface area (Å²) < 4.78 is 24.4. The van der Waals surface area contributed by atoms with Crippen LogP contribution in [0, 0.1) is 5.82 Å². The van der Waals surface area contributed by atoms with E-state index >= 15 is 0 Å². The zero-order chi connectivity index (χ0) is 25.9. The van der Waals surface area contributed by atoms with Gasteiger partial charge in [-0.3, -0.25) is 9.59 Å². The molecule has 3 aromatic rings. The fourth-order valence-electron chi connectivity index (χ4n) is 4.42. The third-order valence-corrected chi connectivity index (χ3v) is 6.87. The molecule has 2 unspecified atom stereocenters. The van der Waals surface area contributed by atoms with E-state index < -0.39 is 23.8 Å². The Morgan fingerprint density at radius 1 is 1.00 bits per heavy atom. The van der Waals surface area contributed by atoms with Crippen LogP contribution in [0.15, 0.2) is 60.7 Å². The summed E-state index contributed by atoms with van der Waals surface area (Å²) in [7, 11) is 0. The van der Waals surface area contributed by atoms with E-state index in [0.717, 1.165) is 30.6 Å². The summed E-state index contributed by atoms with van der Waals surface area (Å²) in [4.78, 5) is 28.0. The molecule has 192 valence electrons. The minimum Gasteiger partial charge on any atom is -0.486 e. The molecule has 0 saturated carbocycles. The smallest absolute Gasteiger partial charge is 0.292 e. The predicted octanol–water partition coefficient (Wildman–Crippen LogP) is 4.02. The van der Waals surface area contributed by atoms with Crippen LogP contribution in [0.1, 0.15) is 28.4 Å². The average molecular weight is 525 g/mol. The minimum absolute atomic E-state index is 0.211. The fraction of sp³-hybridized carbons (Fsp3) is 0.286. The zero-order valence-corrected chi connectivity index (χ0v) is 20.7. The van der Waals surface area contributed by atoms with Crippen molar-refractivity contribution in [2.75, 3.05) is 32.8 Å². The standard InChI is InChI=1S/C28H26ClFN2O5/c29-22-14-20(15-24-27(22)37-13-12-36-24)25(33)23(16-32-10-1-11-32)31-28(35)26(34)19-4-2-17(3-5-19)18-6-8-21(30)9-7-18/h2-9,14-15,23,25,33H,1,10-13,16H2,(H,31,35). The predicted molar refractivity (Wildman–Crippen MR) is 137 cm³/mol. The second-order valence-corrected chi connectivity index (χ2v) is 9.53. The number of hydrogen-bond donors (Lipinski definition) is 2. The van der Waals surface area contributed by atoms with Crippen molar-refractivity contribution in [2.24, 2.45) is 0 Å². The van der Waals surface area contributed by atoms with Crippen molar-refractivity contribution in [3.63, 3.8) is 0 Å². The van der Waals surface area contributed by atoms with Gasteiger partial charge in [-0.1, -0.05) is 48.0 Å². The highest BCUT2D eigenvalue weighted by molar-refractivity contribution is 6.42. The fourth-order valence-corrected chi connectivity index (χ4v) is 4.70. The van der Waals surface area contributed by atoms with Crippen molar-refractivity contribution < 1.29 is 28.6 Å². The molecular formula is C28H26ClFN2O5. The molecule has 2 aliphatic heterocycles. The van der Waals surface area contributed by atoms with E-state index in [-0.39, 0.29) is 11.4 Å². The van der Waals surface area contributed by atoms with Crippen LogP contribution < -0.4 is 14.8 Å². The van der Waals surface area contributed by atoms with Gasteiger partial charge in [0.15, 0.2) is 11.5 Å². The molecule has 3 aromatic carbocycles. The van der Waals surface area contributed by atoms with Gasteiger partial charge in [0.1, 0.15) is 25.1 Å². The number of hydrogen-bond acceptors (Lipinski definition) is 6. The van der Waals surface area contributed by atoms with Crippen LogP contribution in [0.4, 0.5) is 4.39 Å². The molecule has 9 heteroatoms. The van der Waals surface area contributed by atoms with Crippen LogP contribution in [-0.4, -0.2) is 60.6 Å². The van der Waals surface area contributed by atoms with Crippen molar-refractivity contribution in [3.8, 4) is 22.6 Å². The molecule has 0 aromatic heterocycles. The molecule has 1 amide bonds. The number of carbonyl (C=O) groups excluding carboxylic acids is 2. The summed E-state index contributed by atoms with van der Waals surface area (Å²) >= 11 is 6.35. The Morgan fingerprint density at radius 3 is 2.30 bits per heavy atom. The molecule has 0 aliphatic carbocycles. The molecule has 2 aliphatic rings. The second kappa shape index (κ2) is 10.9. The van der Waals surface area contributed by atoms with Crippen LogP contribution in [0.25, 0.3) is 11.1 Å². The van der Waals surface area contributed by atoms with Crippen LogP contribution in [0.3, 0.4) is 0 Å². The van der Waals surface area contributed by atoms with Gasteiger partial charge in [0, 0.05) is 12.1 Å². The number of nitrogens with one attached hydrogen (secondary N) is 1. The van der Waals surface area contributed by atoms with Crippen LogP contribution in [-0.2, 0) is 4.79 Å². The molecule has 2 atom stereocenters. The van der Waals surface area contributed by atoms with E-state index in [4.69, 9.17) is 21.1 Å². The number of nitrogens with zero attached hydrogens (tertiary/aromatic N) is 1. The number of aliphatic hydroxyl groups is 1. The summed E-state index contributed by atoms with van der Waals surface area (Å²) in [6.45, 7) is 2.82. The molecular weight excluding hydrogens is 499 g/mol. The van der Waals surface area contributed by atoms with Crippen molar-refractivity contribution in [3.05, 3.63) is 82.6 Å². The van der Waals surface area contributed by atoms with Crippen LogP contribution in [0.5, 0.6) is 11.5 Å². The van der Waals surface area contributed by atoms with Crippen LogP contribution in [0.2, 0.25) is 5.02 Å². The highest BCUT2D eigenvalue weighted by Crippen LogP contribution is 2.40. The number of ketones is 1. The highest BCUT2D eigenvalue weighted by atomic mass is 35.5. The summed E-state index contributed by atoms with van der Waals surface area (Å²) in [6.07, 6.45) is -0.0992. The lowest BCUT2D eigenvalue weighted by Gasteiger charge is -2.36. The SMILES string of the molecule is O=C(NC(CN1CCC1)C(O)c1cc(Cl)c2c(c1)OCCO2)C(=O)c1ccc(-c2ccc(F)cc2)cc1. The molecule has 0 bridgehead atoms. The lowest BCUT2D eigenvalue weighted by atomic mass is 9.98. The highest BCUT2D eigenvalue weighted by Gasteiger charge is 2.31. The summed E-state index contributed by atoms with van der Waals surface area (Å²) in [6, 6.07) is 15.0. The largest absolute Gasteiger partial charge is 0.486 e. The van der Waals surface area contributed by atoms with Gasteiger partial charge in [0.05, 0.1) is 11.1 Å². The van der Waals surface area contributed by atoms with Gasteiger partial charge in [-0.2, -0.15) is 0 Å². The van der Waals surface area contributed by atoms with Gasteiger partial charge in [0.25, 0.3) is 5.91 Å². The van der Waals surface area contributed by atoms with Crippen molar-refractivity contribution in [2.45, 2.75) is 18.6 Å². The first-order valence-electron chi connectivity index (χ1n) is 12.1. The lowest BCUT2D eigenvalue weighted by molar-refractivity contribution is -0.118. The number of ether oxygens (including phenoxy) is 2. The first-order valence-corrected chi connectivity index (χ1v) is 12.5. The summed E-state index contributed by atoms with van der Waals surface area (Å²) in [5.41, 5.74) is 2.25. The Bertz CT molecular complexity index is 1300. The monoisotopic (exact) mass is 524 g/mol. The van der Waals surface area contributed by atoms with Gasteiger partial charge in [-0.15, -0.1) is 0 Å². The molecule has 0 spiro atoms. The zero-order valence-electron chi connectivity index (χ0n) is 20.0. The Morgan fingerprint density at radius 2 is 1.65 bits per heavy atom. The number of fused-ring (bicyclic) bond motifs is 1. The third kappa shape index (κ3) is 5.61. The van der Waals surface area contributed by atoms with Gasteiger partial charge < -0.3 is 24.8 Å². The molecule has 5 rings (SSSR count). The first kappa shape index (κ1) is 25.2. The lowest BCUT2D eigenvalue weighted by Crippen LogP contribution is -2.52. The average Bonchev–Trinajstić information content (AvgIpc) is 2.89. The topological polar surface area (TPSA) is 88.1 Å². The van der Waals surface area contributed by atoms with Crippen molar-refractivity contribution in [1.82, 2.24) is 10.2 Å². The second-order valence-electron chi connectivity index (χ2n) is 9.12. The Kier molecular flexibility index (Phi) is 7.41. The molecule has 2 N–H and O–H groups in total. The molecule has 37 heavy (non-hydrogen) atoms. The Labute approximate surface area is 218 Å². The van der Waals surface area contributed by atoms with E-state index in [2.05, 4.69) is 10.2 Å². The number of aliphatic hydroxyl groups excluding tert-OH is 1. The third-order valence-electron chi connectivity index (χ3n) is 6.59. The summed E-state index contributed by atoms with van der Waals surface area (Å²) in [5, 5.41) is 14.3. The minimum atomic E-state index is -1.13. The maximum absolute atomic E-state index is 13.2. The number of likely N-dealkylation sites (tertiary alicyclic amines) is 1. The van der Waals surface area contributed by atoms with E-state index in [1.807, 2.05) is 0 Å². The van der Waals surface area contributed by atoms with Gasteiger partial charge >= 0.3 is 0 Å². The van der Waals surface area contributed by atoms with E-state index in [1.54, 1.807) is 48.5 Å². The molecule has 0 radical (unpaired) electrons. The van der Waals surface area contributed by atoms with E-state index in [9.17, 15) is 19.1 Å². The number of benzene rings is 3. The first-order chi connectivity index (χ1) is 17.9. The van der Waals surface area contributed by atoms with Crippen molar-refractivity contribution >= 4 is 23.3 Å². The molecule has 2 heterocycles. The molecule has 1 fully saturated rings. The Hall–Kier alpha value is -3.46. The number of carbonyl (C=O) groups is 2. The van der Waals surface area contributed by atoms with E-state index in [0.29, 0.717) is 41.8 Å². The molecule has 1 saturated heterocycles. The summed E-state index contributed by atoms with van der Waals surface area (Å²) in [5.74, 6) is -1.01. The number of amides is 1. The van der Waals surface area contributed by atoms with Crippen molar-refractivity contribution in [1.29, 1.82) is 0 Å². The molecule has 7 nitrogen and oxygen atoms in total. The van der Waals surface area contributed by atoms with Crippen LogP contribution >= 0.6 is 11.6 Å². The number of rotatable bonds is 8. The quantitative estimate of drug-likeness (QED) is 0.342. The normalized spacial score (nSPS) is 16.4. The maximum Gasteiger partial charge on any atom is 0.292 e. The van der Waals surface area contributed by atoms with Gasteiger partial charge in [0.2, 0.25) is 5.78 Å².